The zero-order chi connectivity index (χ0) is 20.2. The van der Waals surface area contributed by atoms with E-state index in [0.29, 0.717) is 13.1 Å². The SMILES string of the molecule is CNC(=O)CN(C)C(=O)CN1CCN(S(=O)(=O)c2ccc(F)c(Cl)c2)CC1. The number of hydrogen-bond acceptors (Lipinski definition) is 5. The van der Waals surface area contributed by atoms with E-state index in [9.17, 15) is 22.4 Å². The maximum absolute atomic E-state index is 13.3. The van der Waals surface area contributed by atoms with Gasteiger partial charge in [-0.15, -0.1) is 0 Å². The number of nitrogens with zero attached hydrogens (tertiary/aromatic N) is 3. The summed E-state index contributed by atoms with van der Waals surface area (Å²) in [6.45, 7) is 1.20. The molecule has 0 spiro atoms. The Labute approximate surface area is 162 Å². The van der Waals surface area contributed by atoms with Crippen LogP contribution in [0.25, 0.3) is 0 Å². The van der Waals surface area contributed by atoms with Crippen molar-refractivity contribution in [2.24, 2.45) is 0 Å². The minimum absolute atomic E-state index is 0.0327. The normalized spacial score (nSPS) is 16.1. The van der Waals surface area contributed by atoms with E-state index in [-0.39, 0.29) is 47.9 Å². The second-order valence-electron chi connectivity index (χ2n) is 6.18. The number of likely N-dealkylation sites (N-methyl/N-ethyl adjacent to an activating group) is 2. The van der Waals surface area contributed by atoms with Crippen LogP contribution in [-0.4, -0.2) is 87.7 Å². The molecule has 1 aromatic carbocycles. The molecule has 27 heavy (non-hydrogen) atoms. The van der Waals surface area contributed by atoms with Crippen LogP contribution in [0.2, 0.25) is 5.02 Å². The quantitative estimate of drug-likeness (QED) is 0.699. The maximum atomic E-state index is 13.3. The number of sulfonamides is 1. The lowest BCUT2D eigenvalue weighted by Crippen LogP contribution is -2.51. The van der Waals surface area contributed by atoms with Crippen LogP contribution in [-0.2, 0) is 19.6 Å². The molecule has 1 aromatic rings. The minimum atomic E-state index is -3.78. The molecule has 1 aliphatic heterocycles. The van der Waals surface area contributed by atoms with E-state index in [1.807, 2.05) is 4.90 Å². The van der Waals surface area contributed by atoms with E-state index >= 15 is 0 Å². The van der Waals surface area contributed by atoms with Crippen LogP contribution in [0.15, 0.2) is 23.1 Å². The molecule has 0 saturated carbocycles. The third-order valence-corrected chi connectivity index (χ3v) is 6.49. The predicted octanol–water partition coefficient (Wildman–Crippen LogP) is -0.0102. The molecule has 8 nitrogen and oxygen atoms in total. The van der Waals surface area contributed by atoms with Gasteiger partial charge in [0, 0.05) is 40.3 Å². The molecular formula is C16H22ClFN4O4S. The number of benzene rings is 1. The molecule has 2 amide bonds. The summed E-state index contributed by atoms with van der Waals surface area (Å²) in [4.78, 5) is 26.6. The highest BCUT2D eigenvalue weighted by atomic mass is 35.5. The Balaban J connectivity index is 1.93. The van der Waals surface area contributed by atoms with Gasteiger partial charge in [-0.25, -0.2) is 12.8 Å². The first-order valence-corrected chi connectivity index (χ1v) is 10.1. The highest BCUT2D eigenvalue weighted by Gasteiger charge is 2.30. The number of amides is 2. The first-order valence-electron chi connectivity index (χ1n) is 8.27. The number of carbonyl (C=O) groups is 2. The summed E-state index contributed by atoms with van der Waals surface area (Å²) in [5, 5.41) is 2.20. The topological polar surface area (TPSA) is 90.0 Å². The summed E-state index contributed by atoms with van der Waals surface area (Å²) in [5.41, 5.74) is 0. The van der Waals surface area contributed by atoms with E-state index < -0.39 is 15.8 Å². The van der Waals surface area contributed by atoms with Crippen LogP contribution in [0, 0.1) is 5.82 Å². The van der Waals surface area contributed by atoms with Crippen molar-refractivity contribution in [3.8, 4) is 0 Å². The average molecular weight is 421 g/mol. The fourth-order valence-corrected chi connectivity index (χ4v) is 4.30. The van der Waals surface area contributed by atoms with E-state index in [1.54, 1.807) is 0 Å². The van der Waals surface area contributed by atoms with Gasteiger partial charge in [0.2, 0.25) is 21.8 Å². The first-order chi connectivity index (χ1) is 12.6. The number of carbonyl (C=O) groups excluding carboxylic acids is 2. The predicted molar refractivity (Wildman–Crippen MR) is 98.3 cm³/mol. The third kappa shape index (κ3) is 5.38. The summed E-state index contributed by atoms with van der Waals surface area (Å²) in [5.74, 6) is -1.17. The molecule has 1 fully saturated rings. The Hall–Kier alpha value is -1.75. The first kappa shape index (κ1) is 21.5. The van der Waals surface area contributed by atoms with Gasteiger partial charge in [-0.3, -0.25) is 14.5 Å². The van der Waals surface area contributed by atoms with Gasteiger partial charge in [-0.1, -0.05) is 11.6 Å². The van der Waals surface area contributed by atoms with Crippen molar-refractivity contribution in [3.63, 3.8) is 0 Å². The second-order valence-corrected chi connectivity index (χ2v) is 8.52. The van der Waals surface area contributed by atoms with Gasteiger partial charge >= 0.3 is 0 Å². The molecule has 0 bridgehead atoms. The standard InChI is InChI=1S/C16H22ClFN4O4S/c1-19-15(23)10-20(2)16(24)11-21-5-7-22(8-6-21)27(25,26)12-3-4-14(18)13(17)9-12/h3-4,9H,5-8,10-11H2,1-2H3,(H,19,23). The molecule has 0 atom stereocenters. The van der Waals surface area contributed by atoms with Crippen LogP contribution in [0.4, 0.5) is 4.39 Å². The fourth-order valence-electron chi connectivity index (χ4n) is 2.61. The Bertz CT molecular complexity index is 813. The average Bonchev–Trinajstić information content (AvgIpc) is 2.64. The highest BCUT2D eigenvalue weighted by molar-refractivity contribution is 7.89. The minimum Gasteiger partial charge on any atom is -0.358 e. The molecule has 0 radical (unpaired) electrons. The number of halogens is 2. The molecule has 0 aromatic heterocycles. The Kier molecular flexibility index (Phi) is 7.15. The third-order valence-electron chi connectivity index (χ3n) is 4.30. The molecule has 1 saturated heterocycles. The number of hydrogen-bond donors (Lipinski definition) is 1. The number of nitrogens with one attached hydrogen (secondary N) is 1. The molecule has 0 aliphatic carbocycles. The molecule has 11 heteroatoms. The summed E-state index contributed by atoms with van der Waals surface area (Å²) < 4.78 is 39.8. The van der Waals surface area contributed by atoms with Crippen molar-refractivity contribution in [2.75, 3.05) is 53.4 Å². The van der Waals surface area contributed by atoms with E-state index in [1.165, 1.54) is 29.4 Å². The monoisotopic (exact) mass is 420 g/mol. The Morgan fingerprint density at radius 3 is 2.44 bits per heavy atom. The van der Waals surface area contributed by atoms with Gasteiger partial charge in [0.15, 0.2) is 0 Å². The van der Waals surface area contributed by atoms with Crippen molar-refractivity contribution >= 4 is 33.4 Å². The zero-order valence-corrected chi connectivity index (χ0v) is 16.7. The fraction of sp³-hybridized carbons (Fsp3) is 0.500. The molecule has 1 aliphatic rings. The van der Waals surface area contributed by atoms with Crippen LogP contribution >= 0.6 is 11.6 Å². The highest BCUT2D eigenvalue weighted by Crippen LogP contribution is 2.23. The molecule has 150 valence electrons. The van der Waals surface area contributed by atoms with E-state index in [0.717, 1.165) is 12.1 Å². The summed E-state index contributed by atoms with van der Waals surface area (Å²) in [6.07, 6.45) is 0. The zero-order valence-electron chi connectivity index (χ0n) is 15.1. The van der Waals surface area contributed by atoms with E-state index in [4.69, 9.17) is 11.6 Å². The molecule has 1 heterocycles. The van der Waals surface area contributed by atoms with Crippen molar-refractivity contribution in [1.82, 2.24) is 19.4 Å². The van der Waals surface area contributed by atoms with Gasteiger partial charge in [0.25, 0.3) is 0 Å². The molecular weight excluding hydrogens is 399 g/mol. The summed E-state index contributed by atoms with van der Waals surface area (Å²) >= 11 is 5.68. The van der Waals surface area contributed by atoms with Crippen molar-refractivity contribution in [3.05, 3.63) is 29.0 Å². The largest absolute Gasteiger partial charge is 0.358 e. The number of rotatable bonds is 6. The van der Waals surface area contributed by atoms with Crippen LogP contribution in [0.1, 0.15) is 0 Å². The smallest absolute Gasteiger partial charge is 0.243 e. The van der Waals surface area contributed by atoms with Crippen molar-refractivity contribution < 1.29 is 22.4 Å². The maximum Gasteiger partial charge on any atom is 0.243 e. The molecule has 0 unspecified atom stereocenters. The van der Waals surface area contributed by atoms with E-state index in [2.05, 4.69) is 5.32 Å². The number of piperazine rings is 1. The molecule has 1 N–H and O–H groups in total. The Morgan fingerprint density at radius 2 is 1.89 bits per heavy atom. The van der Waals surface area contributed by atoms with Crippen LogP contribution in [0.3, 0.4) is 0 Å². The van der Waals surface area contributed by atoms with Crippen molar-refractivity contribution in [2.45, 2.75) is 4.90 Å². The lowest BCUT2D eigenvalue weighted by molar-refractivity contribution is -0.135. The molecule has 2 rings (SSSR count). The summed E-state index contributed by atoms with van der Waals surface area (Å²) in [6, 6.07) is 3.29. The van der Waals surface area contributed by atoms with Gasteiger partial charge in [0.05, 0.1) is 23.0 Å². The van der Waals surface area contributed by atoms with Gasteiger partial charge < -0.3 is 10.2 Å². The lowest BCUT2D eigenvalue weighted by atomic mass is 10.3. The summed E-state index contributed by atoms with van der Waals surface area (Å²) in [7, 11) is -0.749. The lowest BCUT2D eigenvalue weighted by Gasteiger charge is -2.34. The second kappa shape index (κ2) is 8.96. The van der Waals surface area contributed by atoms with Crippen LogP contribution in [0.5, 0.6) is 0 Å². The van der Waals surface area contributed by atoms with Crippen LogP contribution < -0.4 is 5.32 Å². The van der Waals surface area contributed by atoms with Crippen molar-refractivity contribution in [1.29, 1.82) is 0 Å². The van der Waals surface area contributed by atoms with Gasteiger partial charge in [-0.2, -0.15) is 4.31 Å². The van der Waals surface area contributed by atoms with Gasteiger partial charge in [0.1, 0.15) is 5.82 Å². The Morgan fingerprint density at radius 1 is 1.26 bits per heavy atom. The van der Waals surface area contributed by atoms with Gasteiger partial charge in [-0.05, 0) is 18.2 Å².